The Morgan fingerprint density at radius 1 is 1.20 bits per heavy atom. The lowest BCUT2D eigenvalue weighted by Gasteiger charge is -2.10. The number of hydrogen-bond acceptors (Lipinski definition) is 6. The van der Waals surface area contributed by atoms with E-state index in [4.69, 9.17) is 11.6 Å². The zero-order chi connectivity index (χ0) is 17.9. The maximum absolute atomic E-state index is 12.1. The monoisotopic (exact) mass is 380 g/mol. The Labute approximate surface area is 150 Å². The Morgan fingerprint density at radius 3 is 2.56 bits per heavy atom. The number of aromatic nitrogens is 2. The summed E-state index contributed by atoms with van der Waals surface area (Å²) in [4.78, 5) is 20.3. The summed E-state index contributed by atoms with van der Waals surface area (Å²) in [6.07, 6.45) is 3.27. The van der Waals surface area contributed by atoms with E-state index < -0.39 is 15.7 Å². The minimum atomic E-state index is -3.04. The molecule has 1 aliphatic heterocycles. The second kappa shape index (κ2) is 7.37. The van der Waals surface area contributed by atoms with Gasteiger partial charge in [-0.15, -0.1) is 0 Å². The van der Waals surface area contributed by atoms with Gasteiger partial charge < -0.3 is 10.6 Å². The van der Waals surface area contributed by atoms with Crippen LogP contribution < -0.4 is 10.6 Å². The van der Waals surface area contributed by atoms with Gasteiger partial charge in [-0.2, -0.15) is 0 Å². The molecule has 9 heteroatoms. The normalized spacial score (nSPS) is 18.7. The fourth-order valence-electron chi connectivity index (χ4n) is 2.50. The van der Waals surface area contributed by atoms with E-state index in [9.17, 15) is 13.2 Å². The van der Waals surface area contributed by atoms with Crippen LogP contribution in [0.5, 0.6) is 0 Å². The van der Waals surface area contributed by atoms with E-state index in [0.717, 1.165) is 5.56 Å². The molecule has 1 atom stereocenters. The first kappa shape index (κ1) is 17.6. The third-order valence-electron chi connectivity index (χ3n) is 3.84. The molecular weight excluding hydrogens is 364 g/mol. The van der Waals surface area contributed by atoms with Crippen molar-refractivity contribution in [3.63, 3.8) is 0 Å². The van der Waals surface area contributed by atoms with E-state index in [2.05, 4.69) is 20.6 Å². The lowest BCUT2D eigenvalue weighted by atomic mass is 10.2. The number of hydrogen-bond donors (Lipinski definition) is 2. The Kier molecular flexibility index (Phi) is 5.19. The first-order chi connectivity index (χ1) is 11.9. The average molecular weight is 381 g/mol. The van der Waals surface area contributed by atoms with Crippen molar-refractivity contribution in [2.24, 2.45) is 0 Å². The molecule has 0 aliphatic carbocycles. The summed E-state index contributed by atoms with van der Waals surface area (Å²) in [5.74, 6) is 0.207. The number of nitrogens with zero attached hydrogens (tertiary/aromatic N) is 2. The number of sulfone groups is 1. The van der Waals surface area contributed by atoms with Crippen molar-refractivity contribution < 1.29 is 13.2 Å². The molecule has 2 aromatic rings. The van der Waals surface area contributed by atoms with Crippen molar-refractivity contribution in [2.75, 3.05) is 16.8 Å². The standard InChI is InChI=1S/C16H17ClN4O3S/c17-12-3-1-11(2-4-12)7-19-15-9-18-14(8-20-15)16(22)21-13-5-6-25(23,24)10-13/h1-4,8-9,13H,5-7,10H2,(H,19,20)(H,21,22). The third-order valence-corrected chi connectivity index (χ3v) is 5.86. The van der Waals surface area contributed by atoms with Crippen molar-refractivity contribution in [1.29, 1.82) is 0 Å². The number of carbonyl (C=O) groups excluding carboxylic acids is 1. The minimum absolute atomic E-state index is 0.0209. The van der Waals surface area contributed by atoms with Gasteiger partial charge in [0.15, 0.2) is 9.84 Å². The molecular formula is C16H17ClN4O3S. The van der Waals surface area contributed by atoms with Crippen molar-refractivity contribution in [3.05, 3.63) is 52.9 Å². The first-order valence-corrected chi connectivity index (χ1v) is 9.93. The van der Waals surface area contributed by atoms with Crippen LogP contribution in [0.25, 0.3) is 0 Å². The SMILES string of the molecule is O=C(NC1CCS(=O)(=O)C1)c1cnc(NCc2ccc(Cl)cc2)cn1. The molecule has 0 radical (unpaired) electrons. The number of nitrogens with one attached hydrogen (secondary N) is 2. The van der Waals surface area contributed by atoms with Gasteiger partial charge in [0.05, 0.1) is 23.9 Å². The lowest BCUT2D eigenvalue weighted by molar-refractivity contribution is 0.0935. The van der Waals surface area contributed by atoms with Crippen LogP contribution in [0.1, 0.15) is 22.5 Å². The summed E-state index contributed by atoms with van der Waals surface area (Å²) < 4.78 is 22.8. The van der Waals surface area contributed by atoms with Gasteiger partial charge in [-0.1, -0.05) is 23.7 Å². The minimum Gasteiger partial charge on any atom is -0.365 e. The first-order valence-electron chi connectivity index (χ1n) is 7.73. The van der Waals surface area contributed by atoms with Crippen LogP contribution in [-0.2, 0) is 16.4 Å². The second-order valence-electron chi connectivity index (χ2n) is 5.84. The molecule has 132 valence electrons. The molecule has 1 amide bonds. The molecule has 25 heavy (non-hydrogen) atoms. The van der Waals surface area contributed by atoms with E-state index in [0.29, 0.717) is 23.8 Å². The second-order valence-corrected chi connectivity index (χ2v) is 8.51. The highest BCUT2D eigenvalue weighted by Crippen LogP contribution is 2.13. The van der Waals surface area contributed by atoms with Crippen LogP contribution in [0, 0.1) is 0 Å². The summed E-state index contributed by atoms with van der Waals surface area (Å²) in [5.41, 5.74) is 1.19. The van der Waals surface area contributed by atoms with Crippen molar-refractivity contribution in [1.82, 2.24) is 15.3 Å². The number of benzene rings is 1. The Hall–Kier alpha value is -2.19. The van der Waals surface area contributed by atoms with Crippen LogP contribution >= 0.6 is 11.6 Å². The topological polar surface area (TPSA) is 101 Å². The van der Waals surface area contributed by atoms with Gasteiger partial charge in [0.1, 0.15) is 11.5 Å². The molecule has 0 spiro atoms. The van der Waals surface area contributed by atoms with E-state index in [1.165, 1.54) is 12.4 Å². The largest absolute Gasteiger partial charge is 0.365 e. The van der Waals surface area contributed by atoms with Gasteiger partial charge in [-0.3, -0.25) is 4.79 Å². The summed E-state index contributed by atoms with van der Waals surface area (Å²) >= 11 is 5.84. The summed E-state index contributed by atoms with van der Waals surface area (Å²) in [6.45, 7) is 0.553. The highest BCUT2D eigenvalue weighted by Gasteiger charge is 2.29. The highest BCUT2D eigenvalue weighted by molar-refractivity contribution is 7.91. The molecule has 1 saturated heterocycles. The molecule has 0 bridgehead atoms. The molecule has 1 unspecified atom stereocenters. The molecule has 1 aromatic carbocycles. The van der Waals surface area contributed by atoms with Gasteiger partial charge in [0, 0.05) is 17.6 Å². The van der Waals surface area contributed by atoms with Gasteiger partial charge in [-0.25, -0.2) is 18.4 Å². The van der Waals surface area contributed by atoms with Gasteiger partial charge in [0.2, 0.25) is 0 Å². The number of anilines is 1. The van der Waals surface area contributed by atoms with Crippen LogP contribution in [0.4, 0.5) is 5.82 Å². The van der Waals surface area contributed by atoms with Crippen LogP contribution in [-0.4, -0.2) is 41.8 Å². The fraction of sp³-hybridized carbons (Fsp3) is 0.312. The molecule has 0 saturated carbocycles. The van der Waals surface area contributed by atoms with Gasteiger partial charge in [-0.05, 0) is 24.1 Å². The van der Waals surface area contributed by atoms with Crippen LogP contribution in [0.2, 0.25) is 5.02 Å². The van der Waals surface area contributed by atoms with Gasteiger partial charge in [0.25, 0.3) is 5.91 Å². The Bertz CT molecular complexity index is 854. The summed E-state index contributed by atoms with van der Waals surface area (Å²) in [6, 6.07) is 7.06. The van der Waals surface area contributed by atoms with Crippen LogP contribution in [0.3, 0.4) is 0 Å². The zero-order valence-electron chi connectivity index (χ0n) is 13.3. The number of amides is 1. The van der Waals surface area contributed by atoms with E-state index in [-0.39, 0.29) is 23.2 Å². The summed E-state index contributed by atoms with van der Waals surface area (Å²) in [7, 11) is -3.04. The Morgan fingerprint density at radius 2 is 1.96 bits per heavy atom. The molecule has 1 aliphatic rings. The highest BCUT2D eigenvalue weighted by atomic mass is 35.5. The predicted molar refractivity (Wildman–Crippen MR) is 95.3 cm³/mol. The van der Waals surface area contributed by atoms with E-state index in [1.807, 2.05) is 12.1 Å². The lowest BCUT2D eigenvalue weighted by Crippen LogP contribution is -2.36. The summed E-state index contributed by atoms with van der Waals surface area (Å²) in [5, 5.41) is 6.46. The Balaban J connectivity index is 1.54. The van der Waals surface area contributed by atoms with Gasteiger partial charge >= 0.3 is 0 Å². The molecule has 2 heterocycles. The van der Waals surface area contributed by atoms with Crippen molar-refractivity contribution in [2.45, 2.75) is 19.0 Å². The molecule has 3 rings (SSSR count). The molecule has 2 N–H and O–H groups in total. The smallest absolute Gasteiger partial charge is 0.271 e. The molecule has 1 fully saturated rings. The fourth-order valence-corrected chi connectivity index (χ4v) is 4.30. The quantitative estimate of drug-likeness (QED) is 0.818. The number of carbonyl (C=O) groups is 1. The third kappa shape index (κ3) is 4.90. The maximum atomic E-state index is 12.1. The maximum Gasteiger partial charge on any atom is 0.271 e. The van der Waals surface area contributed by atoms with Crippen molar-refractivity contribution in [3.8, 4) is 0 Å². The van der Waals surface area contributed by atoms with Crippen molar-refractivity contribution >= 4 is 33.2 Å². The molecule has 1 aromatic heterocycles. The average Bonchev–Trinajstić information content (AvgIpc) is 2.93. The number of halogens is 1. The zero-order valence-corrected chi connectivity index (χ0v) is 14.8. The van der Waals surface area contributed by atoms with E-state index in [1.54, 1.807) is 12.1 Å². The predicted octanol–water partition coefficient (Wildman–Crippen LogP) is 1.66. The number of rotatable bonds is 5. The molecule has 7 nitrogen and oxygen atoms in total. The van der Waals surface area contributed by atoms with Crippen LogP contribution in [0.15, 0.2) is 36.7 Å². The van der Waals surface area contributed by atoms with E-state index >= 15 is 0 Å².